The van der Waals surface area contributed by atoms with Crippen LogP contribution in [0.15, 0.2) is 0 Å². The Kier molecular flexibility index (Phi) is 14.7. The molecule has 49 heavy (non-hydrogen) atoms. The molecule has 0 aromatic carbocycles. The molecular weight excluding hydrogens is 658 g/mol. The highest BCUT2D eigenvalue weighted by atomic mass is 16.8. The highest BCUT2D eigenvalue weighted by molar-refractivity contribution is 5.69. The number of hydrogen-bond acceptors (Lipinski definition) is 18. The molecule has 276 valence electrons. The molecule has 3 rings (SSSR count). The average molecular weight is 704 g/mol. The Bertz CT molecular complexity index is 1220. The van der Waals surface area contributed by atoms with E-state index >= 15 is 0 Å². The van der Waals surface area contributed by atoms with Crippen LogP contribution in [-0.2, 0) is 80.9 Å². The molecule has 18 nitrogen and oxygen atoms in total. The number of hydrogen-bond donors (Lipinski definition) is 1. The molecule has 3 aliphatic rings. The quantitative estimate of drug-likeness (QED) is 0.199. The van der Waals surface area contributed by atoms with Gasteiger partial charge in [0.15, 0.2) is 36.8 Å². The minimum atomic E-state index is -1.73. The summed E-state index contributed by atoms with van der Waals surface area (Å²) in [5, 5.41) is 3.30. The molecule has 2 heterocycles. The van der Waals surface area contributed by atoms with Gasteiger partial charge in [0.2, 0.25) is 0 Å². The third-order valence-corrected chi connectivity index (χ3v) is 7.68. The molecule has 1 aliphatic carbocycles. The molecule has 1 N–H and O–H groups in total. The summed E-state index contributed by atoms with van der Waals surface area (Å²) in [4.78, 5) is 85.3. The smallest absolute Gasteiger partial charge is 0.303 e. The molecule has 18 heteroatoms. The third kappa shape index (κ3) is 11.9. The first-order valence-electron chi connectivity index (χ1n) is 15.9. The highest BCUT2D eigenvalue weighted by Crippen LogP contribution is 2.35. The zero-order chi connectivity index (χ0) is 36.4. The first-order valence-corrected chi connectivity index (χ1v) is 15.9. The first kappa shape index (κ1) is 39.6. The van der Waals surface area contributed by atoms with Gasteiger partial charge in [0.1, 0.15) is 37.8 Å². The van der Waals surface area contributed by atoms with Crippen LogP contribution in [0.1, 0.15) is 74.1 Å². The van der Waals surface area contributed by atoms with Gasteiger partial charge in [0.25, 0.3) is 0 Å². The lowest BCUT2D eigenvalue weighted by molar-refractivity contribution is -0.346. The van der Waals surface area contributed by atoms with E-state index in [1.807, 2.05) is 0 Å². The van der Waals surface area contributed by atoms with Crippen LogP contribution in [0.3, 0.4) is 0 Å². The molecule has 1 saturated carbocycles. The maximum Gasteiger partial charge on any atom is 0.303 e. The molecule has 2 aliphatic heterocycles. The summed E-state index contributed by atoms with van der Waals surface area (Å²) in [7, 11) is 0. The number of nitrogens with one attached hydrogen (secondary N) is 1. The van der Waals surface area contributed by atoms with Crippen molar-refractivity contribution in [2.45, 2.75) is 142 Å². The molecule has 0 bridgehead atoms. The van der Waals surface area contributed by atoms with Crippen molar-refractivity contribution in [1.29, 1.82) is 0 Å². The Morgan fingerprint density at radius 1 is 0.510 bits per heavy atom. The van der Waals surface area contributed by atoms with E-state index in [0.717, 1.165) is 74.1 Å². The van der Waals surface area contributed by atoms with Crippen LogP contribution in [0.4, 0.5) is 0 Å². The van der Waals surface area contributed by atoms with Crippen LogP contribution < -0.4 is 5.32 Å². The van der Waals surface area contributed by atoms with Gasteiger partial charge in [-0.3, -0.25) is 38.9 Å². The second-order valence-electron chi connectivity index (χ2n) is 11.9. The molecule has 10 unspecified atom stereocenters. The maximum atomic E-state index is 12.5. The molecule has 0 radical (unpaired) electrons. The summed E-state index contributed by atoms with van der Waals surface area (Å²) in [6.45, 7) is 6.76. The van der Waals surface area contributed by atoms with Crippen molar-refractivity contribution in [3.8, 4) is 0 Å². The van der Waals surface area contributed by atoms with E-state index in [1.54, 1.807) is 0 Å². The third-order valence-electron chi connectivity index (χ3n) is 7.68. The van der Waals surface area contributed by atoms with Crippen LogP contribution in [0, 0.1) is 0 Å². The van der Waals surface area contributed by atoms with E-state index < -0.39 is 116 Å². The van der Waals surface area contributed by atoms with Gasteiger partial charge in [-0.1, -0.05) is 12.8 Å². The Morgan fingerprint density at radius 3 is 1.39 bits per heavy atom. The summed E-state index contributed by atoms with van der Waals surface area (Å²) in [5.74, 6) is -5.53. The molecule has 0 spiro atoms. The molecular formula is C31H45NO17. The minimum absolute atomic E-state index is 0.0346. The molecule has 2 saturated heterocycles. The van der Waals surface area contributed by atoms with Gasteiger partial charge in [-0.25, -0.2) is 0 Å². The Morgan fingerprint density at radius 2 is 0.918 bits per heavy atom. The zero-order valence-corrected chi connectivity index (χ0v) is 28.5. The van der Waals surface area contributed by atoms with Crippen LogP contribution in [0.25, 0.3) is 0 Å². The van der Waals surface area contributed by atoms with E-state index in [9.17, 15) is 33.6 Å². The lowest BCUT2D eigenvalue weighted by Crippen LogP contribution is -2.69. The summed E-state index contributed by atoms with van der Waals surface area (Å²) < 4.78 is 56.8. The normalized spacial score (nSPS) is 31.5. The SMILES string of the molecule is CC(=O)OCC1OC(NC2CCCC2)C(OC(C)=O)C(OC(C)=O)C1OC1OC(COC(C)=O)C(OC(C)=O)C(OC(C)=O)C1OC(C)=O. The Hall–Kier alpha value is -3.87. The molecule has 0 aromatic rings. The first-order chi connectivity index (χ1) is 23.0. The summed E-state index contributed by atoms with van der Waals surface area (Å²) in [5.41, 5.74) is 0. The van der Waals surface area contributed by atoms with Crippen molar-refractivity contribution >= 4 is 41.8 Å². The number of carbonyl (C=O) groups is 7. The van der Waals surface area contributed by atoms with Crippen molar-refractivity contribution in [1.82, 2.24) is 5.32 Å². The van der Waals surface area contributed by atoms with Crippen molar-refractivity contribution < 1.29 is 80.9 Å². The van der Waals surface area contributed by atoms with Gasteiger partial charge in [0.05, 0.1) is 0 Å². The zero-order valence-electron chi connectivity index (χ0n) is 28.5. The fraction of sp³-hybridized carbons (Fsp3) is 0.774. The fourth-order valence-electron chi connectivity index (χ4n) is 5.97. The van der Waals surface area contributed by atoms with E-state index in [1.165, 1.54) is 0 Å². The topological polar surface area (TPSA) is 224 Å². The largest absolute Gasteiger partial charge is 0.463 e. The Labute approximate surface area is 282 Å². The van der Waals surface area contributed by atoms with Gasteiger partial charge in [-0.2, -0.15) is 0 Å². The molecule has 0 amide bonds. The van der Waals surface area contributed by atoms with Gasteiger partial charge in [0, 0.05) is 54.5 Å². The van der Waals surface area contributed by atoms with Gasteiger partial charge < -0.3 is 47.4 Å². The summed E-state index contributed by atoms with van der Waals surface area (Å²) in [6, 6.07) is -0.0346. The van der Waals surface area contributed by atoms with E-state index in [-0.39, 0.29) is 6.04 Å². The van der Waals surface area contributed by atoms with Crippen molar-refractivity contribution in [3.63, 3.8) is 0 Å². The predicted octanol–water partition coefficient (Wildman–Crippen LogP) is 0.138. The Balaban J connectivity index is 2.13. The maximum absolute atomic E-state index is 12.5. The summed E-state index contributed by atoms with van der Waals surface area (Å²) in [6.07, 6.45) is -10.8. The fourth-order valence-corrected chi connectivity index (χ4v) is 5.97. The second-order valence-corrected chi connectivity index (χ2v) is 11.9. The van der Waals surface area contributed by atoms with E-state index in [2.05, 4.69) is 5.32 Å². The minimum Gasteiger partial charge on any atom is -0.463 e. The van der Waals surface area contributed by atoms with Crippen LogP contribution >= 0.6 is 0 Å². The number of rotatable bonds is 13. The van der Waals surface area contributed by atoms with Crippen molar-refractivity contribution in [2.75, 3.05) is 13.2 Å². The van der Waals surface area contributed by atoms with Crippen molar-refractivity contribution in [3.05, 3.63) is 0 Å². The lowest BCUT2D eigenvalue weighted by Gasteiger charge is -2.49. The monoisotopic (exact) mass is 703 g/mol. The lowest BCUT2D eigenvalue weighted by atomic mass is 9.95. The van der Waals surface area contributed by atoms with Crippen LogP contribution in [0.2, 0.25) is 0 Å². The van der Waals surface area contributed by atoms with Gasteiger partial charge in [-0.15, -0.1) is 0 Å². The highest BCUT2D eigenvalue weighted by Gasteiger charge is 2.57. The van der Waals surface area contributed by atoms with E-state index in [4.69, 9.17) is 47.4 Å². The van der Waals surface area contributed by atoms with E-state index in [0.29, 0.717) is 0 Å². The van der Waals surface area contributed by atoms with Gasteiger partial charge >= 0.3 is 41.8 Å². The molecule has 0 aromatic heterocycles. The molecule has 10 atom stereocenters. The average Bonchev–Trinajstić information content (AvgIpc) is 3.49. The summed E-state index contributed by atoms with van der Waals surface area (Å²) >= 11 is 0. The standard InChI is InChI=1S/C31H45NO17/c1-14(33)40-12-22-25(26(43-17(4)36)28(45-19(6)38)30(47-22)32-21-10-8-9-11-21)49-31-29(46-20(7)39)27(44-18(5)37)24(42-16(3)35)23(48-31)13-41-15(2)34/h21-32H,8-13H2,1-7H3. The van der Waals surface area contributed by atoms with Crippen LogP contribution in [-0.4, -0.2) is 122 Å². The molecule has 3 fully saturated rings. The predicted molar refractivity (Wildman–Crippen MR) is 159 cm³/mol. The van der Waals surface area contributed by atoms with Gasteiger partial charge in [-0.05, 0) is 12.8 Å². The van der Waals surface area contributed by atoms with Crippen LogP contribution in [0.5, 0.6) is 0 Å². The second kappa shape index (κ2) is 18.2. The number of esters is 7. The van der Waals surface area contributed by atoms with Crippen molar-refractivity contribution in [2.24, 2.45) is 0 Å². The number of carbonyl (C=O) groups excluding carboxylic acids is 7. The number of ether oxygens (including phenoxy) is 10.